The van der Waals surface area contributed by atoms with Crippen LogP contribution in [-0.2, 0) is 6.54 Å². The molecule has 2 amide bonds. The molecule has 0 radical (unpaired) electrons. The number of aromatic nitrogens is 5. The number of carbonyl (C=O) groups is 2. The Hall–Kier alpha value is -3.63. The second-order valence-electron chi connectivity index (χ2n) is 8.71. The average molecular weight is 413 g/mol. The van der Waals surface area contributed by atoms with Crippen molar-refractivity contribution in [3.8, 4) is 17.1 Å². The maximum atomic E-state index is 13.2. The van der Waals surface area contributed by atoms with Crippen molar-refractivity contribution >= 4 is 17.5 Å². The van der Waals surface area contributed by atoms with Crippen molar-refractivity contribution in [3.63, 3.8) is 0 Å². The fraction of sp³-hybridized carbons (Fsp3) is 0.421. The number of aromatic hydroxyl groups is 1. The van der Waals surface area contributed by atoms with Crippen molar-refractivity contribution in [1.82, 2.24) is 29.7 Å². The van der Waals surface area contributed by atoms with E-state index in [0.29, 0.717) is 5.56 Å². The number of amides is 2. The monoisotopic (exact) mass is 413 g/mol. The molecular formula is C19H23N7O4. The summed E-state index contributed by atoms with van der Waals surface area (Å²) < 4.78 is 2.53. The lowest BCUT2D eigenvalue weighted by Crippen LogP contribution is -2.37. The molecule has 158 valence electrons. The summed E-state index contributed by atoms with van der Waals surface area (Å²) in [6, 6.07) is 1.56. The summed E-state index contributed by atoms with van der Waals surface area (Å²) in [5.74, 6) is -1.94. The average Bonchev–Trinajstić information content (AvgIpc) is 3.16. The van der Waals surface area contributed by atoms with Gasteiger partial charge in [0.05, 0.1) is 11.3 Å². The summed E-state index contributed by atoms with van der Waals surface area (Å²) in [5.41, 5.74) is 4.94. The summed E-state index contributed by atoms with van der Waals surface area (Å²) in [6.07, 6.45) is 3.13. The zero-order chi connectivity index (χ0) is 21.8. The molecule has 0 spiro atoms. The van der Waals surface area contributed by atoms with Gasteiger partial charge in [-0.1, -0.05) is 20.8 Å². The van der Waals surface area contributed by atoms with Crippen molar-refractivity contribution in [2.24, 2.45) is 11.1 Å². The number of nitrogens with zero attached hydrogens (tertiary/aromatic N) is 4. The Morgan fingerprint density at radius 2 is 2.07 bits per heavy atom. The Morgan fingerprint density at radius 3 is 2.67 bits per heavy atom. The SMILES string of the molecule is CC(C)(C)Cn1c(=O)c(C(=O)NC2CC2)c(O)n2nc(-c3c[nH]nc3C(N)=O)cc12. The summed E-state index contributed by atoms with van der Waals surface area (Å²) >= 11 is 0. The number of hydrogen-bond donors (Lipinski definition) is 4. The van der Waals surface area contributed by atoms with Crippen LogP contribution < -0.4 is 16.6 Å². The van der Waals surface area contributed by atoms with E-state index in [1.165, 1.54) is 10.8 Å². The molecule has 0 unspecified atom stereocenters. The smallest absolute Gasteiger partial charge is 0.270 e. The Labute approximate surface area is 170 Å². The molecule has 11 heteroatoms. The molecule has 0 saturated heterocycles. The van der Waals surface area contributed by atoms with E-state index < -0.39 is 23.3 Å². The Bertz CT molecular complexity index is 1220. The van der Waals surface area contributed by atoms with Gasteiger partial charge >= 0.3 is 0 Å². The standard InChI is InChI=1S/C19H23N7O4/c1-19(2,3)8-25-12-6-11(10-7-21-23-14(10)15(20)27)24-26(12)18(30)13(17(25)29)16(28)22-9-4-5-9/h6-7,9,30H,4-5,8H2,1-3H3,(H2,20,27)(H,21,23)(H,22,28). The van der Waals surface area contributed by atoms with Gasteiger partial charge in [-0.2, -0.15) is 14.7 Å². The van der Waals surface area contributed by atoms with Gasteiger partial charge in [-0.05, 0) is 18.3 Å². The van der Waals surface area contributed by atoms with Crippen LogP contribution in [0.1, 0.15) is 54.5 Å². The van der Waals surface area contributed by atoms with Crippen LogP contribution in [0.15, 0.2) is 17.1 Å². The molecule has 1 aliphatic carbocycles. The first-order valence-electron chi connectivity index (χ1n) is 9.57. The van der Waals surface area contributed by atoms with Crippen LogP contribution >= 0.6 is 0 Å². The van der Waals surface area contributed by atoms with Crippen molar-refractivity contribution in [3.05, 3.63) is 33.9 Å². The number of nitrogens with two attached hydrogens (primary N) is 1. The van der Waals surface area contributed by atoms with Crippen molar-refractivity contribution in [2.75, 3.05) is 0 Å². The van der Waals surface area contributed by atoms with Crippen LogP contribution in [0.2, 0.25) is 0 Å². The number of rotatable bonds is 5. The van der Waals surface area contributed by atoms with Gasteiger partial charge < -0.3 is 16.2 Å². The first-order valence-corrected chi connectivity index (χ1v) is 9.57. The number of carbonyl (C=O) groups excluding carboxylic acids is 2. The largest absolute Gasteiger partial charge is 0.492 e. The fourth-order valence-corrected chi connectivity index (χ4v) is 3.28. The van der Waals surface area contributed by atoms with Gasteiger partial charge in [0, 0.05) is 24.8 Å². The van der Waals surface area contributed by atoms with Gasteiger partial charge in [0.2, 0.25) is 5.88 Å². The topological polar surface area (TPSA) is 160 Å². The molecule has 0 bridgehead atoms. The molecule has 3 aromatic rings. The van der Waals surface area contributed by atoms with Gasteiger partial charge in [0.1, 0.15) is 5.65 Å². The van der Waals surface area contributed by atoms with Crippen LogP contribution in [0, 0.1) is 5.41 Å². The third-order valence-corrected chi connectivity index (χ3v) is 4.77. The highest BCUT2D eigenvalue weighted by Gasteiger charge is 2.30. The van der Waals surface area contributed by atoms with Gasteiger partial charge in [-0.25, -0.2) is 0 Å². The Balaban J connectivity index is 1.96. The third kappa shape index (κ3) is 3.42. The van der Waals surface area contributed by atoms with E-state index in [0.717, 1.165) is 17.4 Å². The second kappa shape index (κ2) is 6.71. The van der Waals surface area contributed by atoms with Gasteiger partial charge in [0.25, 0.3) is 17.4 Å². The summed E-state index contributed by atoms with van der Waals surface area (Å²) in [5, 5.41) is 24.2. The first-order chi connectivity index (χ1) is 14.1. The normalized spacial score (nSPS) is 14.2. The number of primary amides is 1. The molecule has 3 aromatic heterocycles. The second-order valence-corrected chi connectivity index (χ2v) is 8.71. The van der Waals surface area contributed by atoms with Crippen LogP contribution in [0.5, 0.6) is 5.88 Å². The summed E-state index contributed by atoms with van der Waals surface area (Å²) in [4.78, 5) is 37.5. The molecule has 1 fully saturated rings. The van der Waals surface area contributed by atoms with E-state index in [1.54, 1.807) is 6.07 Å². The molecule has 0 aliphatic heterocycles. The van der Waals surface area contributed by atoms with Crippen molar-refractivity contribution in [1.29, 1.82) is 0 Å². The quantitative estimate of drug-likeness (QED) is 0.480. The van der Waals surface area contributed by atoms with Crippen LogP contribution in [0.3, 0.4) is 0 Å². The highest BCUT2D eigenvalue weighted by atomic mass is 16.3. The van der Waals surface area contributed by atoms with E-state index in [-0.39, 0.29) is 40.6 Å². The third-order valence-electron chi connectivity index (χ3n) is 4.77. The number of hydrogen-bond acceptors (Lipinski definition) is 6. The van der Waals surface area contributed by atoms with E-state index in [4.69, 9.17) is 5.73 Å². The van der Waals surface area contributed by atoms with Gasteiger partial charge in [-0.3, -0.25) is 24.0 Å². The predicted octanol–water partition coefficient (Wildman–Crippen LogP) is 0.629. The molecule has 1 aliphatic rings. The van der Waals surface area contributed by atoms with Gasteiger partial charge in [-0.15, -0.1) is 0 Å². The lowest BCUT2D eigenvalue weighted by molar-refractivity contribution is 0.0943. The zero-order valence-corrected chi connectivity index (χ0v) is 16.9. The minimum Gasteiger partial charge on any atom is -0.492 e. The zero-order valence-electron chi connectivity index (χ0n) is 16.9. The number of nitrogens with one attached hydrogen (secondary N) is 2. The number of fused-ring (bicyclic) bond motifs is 1. The number of aromatic amines is 1. The Morgan fingerprint density at radius 1 is 1.37 bits per heavy atom. The Kier molecular flexibility index (Phi) is 4.40. The van der Waals surface area contributed by atoms with E-state index >= 15 is 0 Å². The van der Waals surface area contributed by atoms with Crippen LogP contribution in [-0.4, -0.2) is 47.3 Å². The lowest BCUT2D eigenvalue weighted by atomic mass is 9.97. The van der Waals surface area contributed by atoms with Crippen molar-refractivity contribution in [2.45, 2.75) is 46.2 Å². The minimum atomic E-state index is -0.746. The van der Waals surface area contributed by atoms with E-state index in [1.807, 2.05) is 20.8 Å². The highest BCUT2D eigenvalue weighted by Crippen LogP contribution is 2.27. The lowest BCUT2D eigenvalue weighted by Gasteiger charge is -2.21. The van der Waals surface area contributed by atoms with E-state index in [2.05, 4.69) is 20.6 Å². The molecule has 0 atom stereocenters. The number of H-pyrrole nitrogens is 1. The molecule has 11 nitrogen and oxygen atoms in total. The maximum Gasteiger partial charge on any atom is 0.270 e. The maximum absolute atomic E-state index is 13.2. The van der Waals surface area contributed by atoms with Crippen molar-refractivity contribution < 1.29 is 14.7 Å². The first kappa shape index (κ1) is 19.7. The fourth-order valence-electron chi connectivity index (χ4n) is 3.28. The summed E-state index contributed by atoms with van der Waals surface area (Å²) in [6.45, 7) is 6.13. The molecular weight excluding hydrogens is 390 g/mol. The molecule has 4 rings (SSSR count). The predicted molar refractivity (Wildman–Crippen MR) is 107 cm³/mol. The van der Waals surface area contributed by atoms with E-state index in [9.17, 15) is 19.5 Å². The molecule has 0 aromatic carbocycles. The van der Waals surface area contributed by atoms with Gasteiger partial charge in [0.15, 0.2) is 11.3 Å². The minimum absolute atomic E-state index is 0.0142. The molecule has 30 heavy (non-hydrogen) atoms. The van der Waals surface area contributed by atoms with Crippen LogP contribution in [0.4, 0.5) is 0 Å². The summed E-state index contributed by atoms with van der Waals surface area (Å²) in [7, 11) is 0. The molecule has 1 saturated carbocycles. The molecule has 5 N–H and O–H groups in total. The van der Waals surface area contributed by atoms with Crippen LogP contribution in [0.25, 0.3) is 16.9 Å². The molecule has 3 heterocycles. The highest BCUT2D eigenvalue weighted by molar-refractivity contribution is 5.98.